The molecule has 1 aliphatic rings. The zero-order valence-electron chi connectivity index (χ0n) is 15.6. The highest BCUT2D eigenvalue weighted by Crippen LogP contribution is 2.38. The average molecular weight is 473 g/mol. The Balaban J connectivity index is 1.53. The second kappa shape index (κ2) is 9.04. The molecule has 0 bridgehead atoms. The van der Waals surface area contributed by atoms with Crippen LogP contribution in [-0.2, 0) is 37.2 Å². The fraction of sp³-hybridized carbons (Fsp3) is 0.278. The van der Waals surface area contributed by atoms with E-state index in [9.17, 15) is 36.4 Å². The molecule has 1 aliphatic carbocycles. The van der Waals surface area contributed by atoms with Gasteiger partial charge in [-0.15, -0.1) is 11.3 Å². The van der Waals surface area contributed by atoms with E-state index in [4.69, 9.17) is 0 Å². The summed E-state index contributed by atoms with van der Waals surface area (Å²) in [5.74, 6) is -7.39. The summed E-state index contributed by atoms with van der Waals surface area (Å²) in [6.07, 6.45) is 2.50. The fourth-order valence-corrected chi connectivity index (χ4v) is 5.21. The molecule has 0 unspecified atom stereocenters. The van der Waals surface area contributed by atoms with Crippen LogP contribution < -0.4 is 10.0 Å². The first-order chi connectivity index (χ1) is 14.6. The smallest absolute Gasteiger partial charge is 0.321 e. The van der Waals surface area contributed by atoms with Crippen LogP contribution in [-0.4, -0.2) is 33.4 Å². The number of amides is 1. The summed E-state index contributed by atoms with van der Waals surface area (Å²) in [4.78, 5) is 23.5. The zero-order chi connectivity index (χ0) is 22.8. The van der Waals surface area contributed by atoms with Crippen LogP contribution >= 0.6 is 11.3 Å². The van der Waals surface area contributed by atoms with Crippen molar-refractivity contribution in [2.75, 3.05) is 18.5 Å². The van der Waals surface area contributed by atoms with Gasteiger partial charge in [0.25, 0.3) is 5.91 Å². The minimum Gasteiger partial charge on any atom is -0.455 e. The molecule has 2 aromatic rings. The number of anilines is 1. The predicted molar refractivity (Wildman–Crippen MR) is 102 cm³/mol. The first kappa shape index (κ1) is 22.7. The number of fused-ring (bicyclic) bond motifs is 1. The van der Waals surface area contributed by atoms with E-state index in [0.717, 1.165) is 29.7 Å². The maximum Gasteiger partial charge on any atom is 0.321 e. The van der Waals surface area contributed by atoms with Crippen molar-refractivity contribution in [1.82, 2.24) is 4.72 Å². The molecular formula is C18H14F3N3O5S2. The van der Waals surface area contributed by atoms with E-state index in [2.05, 4.69) is 10.1 Å². The molecule has 1 aromatic carbocycles. The maximum absolute atomic E-state index is 13.6. The van der Waals surface area contributed by atoms with Crippen LogP contribution in [0.3, 0.4) is 0 Å². The zero-order valence-corrected chi connectivity index (χ0v) is 17.3. The fourth-order valence-electron chi connectivity index (χ4n) is 2.92. The van der Waals surface area contributed by atoms with Crippen molar-refractivity contribution in [3.63, 3.8) is 0 Å². The molecule has 8 nitrogen and oxygen atoms in total. The number of sulfonamides is 1. The molecule has 0 saturated heterocycles. The van der Waals surface area contributed by atoms with Gasteiger partial charge in [0.05, 0.1) is 5.56 Å². The Bertz CT molecular complexity index is 1200. The Morgan fingerprint density at radius 2 is 1.94 bits per heavy atom. The number of benzene rings is 1. The van der Waals surface area contributed by atoms with Gasteiger partial charge in [0.2, 0.25) is 10.0 Å². The molecule has 0 radical (unpaired) electrons. The number of aryl methyl sites for hydroxylation is 1. The van der Waals surface area contributed by atoms with Gasteiger partial charge in [-0.25, -0.2) is 21.6 Å². The van der Waals surface area contributed by atoms with Crippen molar-refractivity contribution in [3.8, 4) is 6.07 Å². The van der Waals surface area contributed by atoms with Crippen molar-refractivity contribution < 1.29 is 35.9 Å². The number of nitrogens with one attached hydrogen (secondary N) is 2. The molecule has 2 N–H and O–H groups in total. The molecule has 1 aromatic heterocycles. The van der Waals surface area contributed by atoms with E-state index in [0.29, 0.717) is 22.7 Å². The highest BCUT2D eigenvalue weighted by Gasteiger charge is 2.26. The first-order valence-electron chi connectivity index (χ1n) is 8.77. The number of nitriles is 1. The van der Waals surface area contributed by atoms with Crippen molar-refractivity contribution in [2.24, 2.45) is 0 Å². The van der Waals surface area contributed by atoms with E-state index in [1.165, 1.54) is 11.3 Å². The molecule has 3 rings (SSSR count). The van der Waals surface area contributed by atoms with Crippen molar-refractivity contribution in [3.05, 3.63) is 45.6 Å². The lowest BCUT2D eigenvalue weighted by molar-refractivity contribution is -0.146. The molecule has 13 heteroatoms. The summed E-state index contributed by atoms with van der Waals surface area (Å²) in [5, 5.41) is 12.1. The third kappa shape index (κ3) is 4.87. The number of halogens is 3. The molecule has 31 heavy (non-hydrogen) atoms. The number of carbonyl (C=O) groups is 2. The molecule has 0 atom stereocenters. The topological polar surface area (TPSA) is 125 Å². The molecule has 0 saturated carbocycles. The standard InChI is InChI=1S/C18H14F3N3O5S2/c19-11-4-5-13(17(21)16(11)20)31(27,28)23-7-15(26)29-8-14(25)24-18-10(6-22)9-2-1-3-12(9)30-18/h4-5,23H,1-3,7-8H2,(H,24,25). The molecular weight excluding hydrogens is 459 g/mol. The number of thiophene rings is 1. The second-order valence-corrected chi connectivity index (χ2v) is 9.22. The lowest BCUT2D eigenvalue weighted by Gasteiger charge is -2.09. The number of rotatable bonds is 7. The number of carbonyl (C=O) groups excluding carboxylic acids is 2. The number of ether oxygens (including phenoxy) is 1. The second-order valence-electron chi connectivity index (χ2n) is 6.38. The summed E-state index contributed by atoms with van der Waals surface area (Å²) in [7, 11) is -4.69. The minimum atomic E-state index is -4.69. The van der Waals surface area contributed by atoms with Gasteiger partial charge in [0.1, 0.15) is 22.5 Å². The summed E-state index contributed by atoms with van der Waals surface area (Å²) in [5.41, 5.74) is 1.28. The summed E-state index contributed by atoms with van der Waals surface area (Å²) < 4.78 is 70.1. The van der Waals surface area contributed by atoms with Crippen molar-refractivity contribution in [1.29, 1.82) is 5.26 Å². The van der Waals surface area contributed by atoms with Crippen LogP contribution in [0.2, 0.25) is 0 Å². The van der Waals surface area contributed by atoms with Crippen LogP contribution in [0.15, 0.2) is 17.0 Å². The number of hydrogen-bond donors (Lipinski definition) is 2. The molecule has 0 aliphatic heterocycles. The van der Waals surface area contributed by atoms with E-state index in [1.807, 2.05) is 6.07 Å². The predicted octanol–water partition coefficient (Wildman–Crippen LogP) is 1.99. The largest absolute Gasteiger partial charge is 0.455 e. The summed E-state index contributed by atoms with van der Waals surface area (Å²) >= 11 is 1.27. The monoisotopic (exact) mass is 473 g/mol. The van der Waals surface area contributed by atoms with Gasteiger partial charge >= 0.3 is 5.97 Å². The van der Waals surface area contributed by atoms with Crippen LogP contribution in [0, 0.1) is 28.8 Å². The minimum absolute atomic E-state index is 0.350. The average Bonchev–Trinajstić information content (AvgIpc) is 3.29. The highest BCUT2D eigenvalue weighted by atomic mass is 32.2. The molecule has 0 fully saturated rings. The number of nitrogens with zero attached hydrogens (tertiary/aromatic N) is 1. The van der Waals surface area contributed by atoms with E-state index >= 15 is 0 Å². The van der Waals surface area contributed by atoms with E-state index < -0.39 is 57.4 Å². The van der Waals surface area contributed by atoms with Gasteiger partial charge in [-0.3, -0.25) is 9.59 Å². The van der Waals surface area contributed by atoms with Crippen LogP contribution in [0.5, 0.6) is 0 Å². The van der Waals surface area contributed by atoms with Crippen molar-refractivity contribution in [2.45, 2.75) is 24.2 Å². The lowest BCUT2D eigenvalue weighted by Crippen LogP contribution is -2.33. The Morgan fingerprint density at radius 3 is 2.65 bits per heavy atom. The van der Waals surface area contributed by atoms with Gasteiger partial charge in [0, 0.05) is 4.88 Å². The molecule has 0 spiro atoms. The number of hydrogen-bond acceptors (Lipinski definition) is 7. The van der Waals surface area contributed by atoms with Crippen molar-refractivity contribution >= 4 is 38.2 Å². The molecule has 1 amide bonds. The lowest BCUT2D eigenvalue weighted by atomic mass is 10.1. The van der Waals surface area contributed by atoms with Gasteiger partial charge in [0.15, 0.2) is 24.1 Å². The molecule has 164 valence electrons. The molecule has 1 heterocycles. The Morgan fingerprint density at radius 1 is 1.19 bits per heavy atom. The van der Waals surface area contributed by atoms with Gasteiger partial charge in [-0.05, 0) is 37.0 Å². The highest BCUT2D eigenvalue weighted by molar-refractivity contribution is 7.89. The van der Waals surface area contributed by atoms with Gasteiger partial charge < -0.3 is 10.1 Å². The van der Waals surface area contributed by atoms with Gasteiger partial charge in [-0.1, -0.05) is 0 Å². The van der Waals surface area contributed by atoms with Crippen LogP contribution in [0.1, 0.15) is 22.4 Å². The van der Waals surface area contributed by atoms with Crippen LogP contribution in [0.25, 0.3) is 0 Å². The maximum atomic E-state index is 13.6. The SMILES string of the molecule is N#Cc1c(NC(=O)COC(=O)CNS(=O)(=O)c2ccc(F)c(F)c2F)sc2c1CCC2. The normalized spacial score (nSPS) is 12.8. The van der Waals surface area contributed by atoms with E-state index in [1.54, 1.807) is 4.72 Å². The quantitative estimate of drug-likeness (QED) is 0.468. The Hall–Kier alpha value is -2.95. The summed E-state index contributed by atoms with van der Waals surface area (Å²) in [6.45, 7) is -1.74. The Labute approximate surface area is 178 Å². The number of esters is 1. The summed E-state index contributed by atoms with van der Waals surface area (Å²) in [6, 6.07) is 2.96. The van der Waals surface area contributed by atoms with E-state index in [-0.39, 0.29) is 0 Å². The van der Waals surface area contributed by atoms with Gasteiger partial charge in [-0.2, -0.15) is 9.98 Å². The Kier molecular flexibility index (Phi) is 6.63. The first-order valence-corrected chi connectivity index (χ1v) is 11.1. The van der Waals surface area contributed by atoms with Crippen LogP contribution in [0.4, 0.5) is 18.2 Å². The third-order valence-corrected chi connectivity index (χ3v) is 6.97. The third-order valence-electron chi connectivity index (χ3n) is 4.35.